The van der Waals surface area contributed by atoms with E-state index in [1.54, 1.807) is 11.3 Å². The Kier molecular flexibility index (Phi) is 2.39. The molecule has 0 saturated heterocycles. The highest BCUT2D eigenvalue weighted by atomic mass is 32.1. The average Bonchev–Trinajstić information content (AvgIpc) is 2.99. The Morgan fingerprint density at radius 2 is 2.29 bits per heavy atom. The topological polar surface area (TPSA) is 41.6 Å². The van der Waals surface area contributed by atoms with Gasteiger partial charge in [0.1, 0.15) is 0 Å². The van der Waals surface area contributed by atoms with E-state index in [9.17, 15) is 0 Å². The number of aromatic nitrogens is 2. The molecule has 0 radical (unpaired) electrons. The highest BCUT2D eigenvalue weighted by molar-refractivity contribution is 7.07. The van der Waals surface area contributed by atoms with Crippen molar-refractivity contribution in [3.63, 3.8) is 0 Å². The van der Waals surface area contributed by atoms with Crippen molar-refractivity contribution in [3.05, 3.63) is 52.6 Å². The molecular weight excluding hydrogens is 230 g/mol. The van der Waals surface area contributed by atoms with Crippen LogP contribution in [0.25, 0.3) is 10.9 Å². The molecule has 0 aliphatic heterocycles. The van der Waals surface area contributed by atoms with Crippen molar-refractivity contribution in [2.45, 2.75) is 6.54 Å². The number of hydrogen-bond donors (Lipinski definition) is 0. The fourth-order valence-electron chi connectivity index (χ4n) is 1.95. The molecule has 0 fully saturated rings. The van der Waals surface area contributed by atoms with Gasteiger partial charge in [-0.15, -0.1) is 11.3 Å². The van der Waals surface area contributed by atoms with E-state index < -0.39 is 0 Å². The van der Waals surface area contributed by atoms with Gasteiger partial charge in [-0.2, -0.15) is 5.26 Å². The summed E-state index contributed by atoms with van der Waals surface area (Å²) in [5, 5.41) is 12.1. The van der Waals surface area contributed by atoms with Crippen LogP contribution in [0.1, 0.15) is 11.3 Å². The van der Waals surface area contributed by atoms with Crippen molar-refractivity contribution in [2.75, 3.05) is 0 Å². The highest BCUT2D eigenvalue weighted by Crippen LogP contribution is 2.20. The number of hydrogen-bond acceptors (Lipinski definition) is 3. The zero-order valence-corrected chi connectivity index (χ0v) is 9.81. The third-order valence-corrected chi connectivity index (χ3v) is 3.39. The Morgan fingerprint density at radius 3 is 3.06 bits per heavy atom. The van der Waals surface area contributed by atoms with Gasteiger partial charge in [0.15, 0.2) is 0 Å². The summed E-state index contributed by atoms with van der Waals surface area (Å²) >= 11 is 1.60. The van der Waals surface area contributed by atoms with Crippen molar-refractivity contribution in [1.82, 2.24) is 9.55 Å². The Morgan fingerprint density at radius 1 is 1.35 bits per heavy atom. The first-order valence-electron chi connectivity index (χ1n) is 5.23. The van der Waals surface area contributed by atoms with Crippen molar-refractivity contribution < 1.29 is 0 Å². The second kappa shape index (κ2) is 4.04. The molecule has 3 nitrogen and oxygen atoms in total. The lowest BCUT2D eigenvalue weighted by atomic mass is 10.1. The molecule has 0 unspecified atom stereocenters. The summed E-state index contributed by atoms with van der Waals surface area (Å²) in [6.07, 6.45) is 2.00. The van der Waals surface area contributed by atoms with E-state index in [0.717, 1.165) is 28.7 Å². The van der Waals surface area contributed by atoms with Gasteiger partial charge in [0.25, 0.3) is 0 Å². The first kappa shape index (κ1) is 10.1. The summed E-state index contributed by atoms with van der Waals surface area (Å²) in [5.74, 6) is 0. The minimum atomic E-state index is 0.722. The average molecular weight is 239 g/mol. The van der Waals surface area contributed by atoms with Crippen LogP contribution in [0.2, 0.25) is 0 Å². The molecule has 3 aromatic rings. The van der Waals surface area contributed by atoms with Crippen LogP contribution in [-0.2, 0) is 6.54 Å². The van der Waals surface area contributed by atoms with Crippen molar-refractivity contribution in [3.8, 4) is 6.07 Å². The monoisotopic (exact) mass is 239 g/mol. The van der Waals surface area contributed by atoms with E-state index >= 15 is 0 Å². The number of fused-ring (bicyclic) bond motifs is 1. The minimum absolute atomic E-state index is 0.722. The van der Waals surface area contributed by atoms with Crippen LogP contribution < -0.4 is 0 Å². The third kappa shape index (κ3) is 1.71. The Hall–Kier alpha value is -2.12. The number of thiazole rings is 1. The van der Waals surface area contributed by atoms with Gasteiger partial charge in [-0.25, -0.2) is 4.98 Å². The molecule has 3 rings (SSSR count). The van der Waals surface area contributed by atoms with Crippen LogP contribution in [-0.4, -0.2) is 9.55 Å². The maximum atomic E-state index is 9.03. The summed E-state index contributed by atoms with van der Waals surface area (Å²) in [5.41, 5.74) is 4.69. The molecule has 0 N–H and O–H groups in total. The molecule has 1 aromatic carbocycles. The summed E-state index contributed by atoms with van der Waals surface area (Å²) in [6, 6.07) is 9.99. The van der Waals surface area contributed by atoms with Crippen LogP contribution in [0.5, 0.6) is 0 Å². The molecule has 17 heavy (non-hydrogen) atoms. The van der Waals surface area contributed by atoms with E-state index in [2.05, 4.69) is 15.6 Å². The van der Waals surface area contributed by atoms with Gasteiger partial charge in [0, 0.05) is 22.5 Å². The van der Waals surface area contributed by atoms with Gasteiger partial charge >= 0.3 is 0 Å². The molecule has 2 aromatic heterocycles. The highest BCUT2D eigenvalue weighted by Gasteiger charge is 2.05. The van der Waals surface area contributed by atoms with Crippen molar-refractivity contribution in [2.24, 2.45) is 0 Å². The number of benzene rings is 1. The molecule has 0 aliphatic rings. The number of rotatable bonds is 2. The first-order valence-corrected chi connectivity index (χ1v) is 6.18. The summed E-state index contributed by atoms with van der Waals surface area (Å²) in [7, 11) is 0. The van der Waals surface area contributed by atoms with Gasteiger partial charge in [-0.1, -0.05) is 6.07 Å². The predicted molar refractivity (Wildman–Crippen MR) is 67.9 cm³/mol. The molecule has 0 amide bonds. The standard InChI is InChI=1S/C13H9N3S/c14-6-10-2-1-3-13-12(10)4-5-16(13)7-11-8-17-9-15-11/h1-5,8-9H,7H2. The maximum Gasteiger partial charge on any atom is 0.0998 e. The number of nitrogens with zero attached hydrogens (tertiary/aromatic N) is 3. The van der Waals surface area contributed by atoms with E-state index in [0.29, 0.717) is 0 Å². The Balaban J connectivity index is 2.10. The summed E-state index contributed by atoms with van der Waals surface area (Å²) in [4.78, 5) is 4.27. The van der Waals surface area contributed by atoms with E-state index in [1.807, 2.05) is 41.4 Å². The quantitative estimate of drug-likeness (QED) is 0.689. The molecule has 0 bridgehead atoms. The fourth-order valence-corrected chi connectivity index (χ4v) is 2.50. The second-order valence-corrected chi connectivity index (χ2v) is 4.49. The van der Waals surface area contributed by atoms with Crippen LogP contribution in [0.15, 0.2) is 41.4 Å². The van der Waals surface area contributed by atoms with E-state index in [-0.39, 0.29) is 0 Å². The van der Waals surface area contributed by atoms with Crippen LogP contribution in [0, 0.1) is 11.3 Å². The summed E-state index contributed by atoms with van der Waals surface area (Å²) < 4.78 is 2.12. The SMILES string of the molecule is N#Cc1cccc2c1ccn2Cc1cscn1. The van der Waals surface area contributed by atoms with Crippen LogP contribution >= 0.6 is 11.3 Å². The second-order valence-electron chi connectivity index (χ2n) is 3.77. The Bertz CT molecular complexity index is 689. The molecule has 0 atom stereocenters. The van der Waals surface area contributed by atoms with Gasteiger partial charge in [0.05, 0.1) is 29.4 Å². The molecule has 0 saturated carbocycles. The Labute approximate surface area is 103 Å². The molecule has 0 aliphatic carbocycles. The largest absolute Gasteiger partial charge is 0.341 e. The predicted octanol–water partition coefficient (Wildman–Crippen LogP) is 3.02. The van der Waals surface area contributed by atoms with E-state index in [1.165, 1.54) is 0 Å². The van der Waals surface area contributed by atoms with Gasteiger partial charge < -0.3 is 4.57 Å². The van der Waals surface area contributed by atoms with Crippen LogP contribution in [0.4, 0.5) is 0 Å². The zero-order valence-electron chi connectivity index (χ0n) is 9.00. The zero-order chi connectivity index (χ0) is 11.7. The van der Waals surface area contributed by atoms with Crippen LogP contribution in [0.3, 0.4) is 0 Å². The lowest BCUT2D eigenvalue weighted by Gasteiger charge is -2.02. The van der Waals surface area contributed by atoms with Gasteiger partial charge in [-0.3, -0.25) is 0 Å². The first-order chi connectivity index (χ1) is 8.38. The third-order valence-electron chi connectivity index (χ3n) is 2.75. The van der Waals surface area contributed by atoms with Gasteiger partial charge in [-0.05, 0) is 18.2 Å². The fraction of sp³-hybridized carbons (Fsp3) is 0.0769. The van der Waals surface area contributed by atoms with Crippen molar-refractivity contribution >= 4 is 22.2 Å². The number of nitriles is 1. The van der Waals surface area contributed by atoms with E-state index in [4.69, 9.17) is 5.26 Å². The minimum Gasteiger partial charge on any atom is -0.341 e. The maximum absolute atomic E-state index is 9.03. The molecular formula is C13H9N3S. The molecule has 4 heteroatoms. The van der Waals surface area contributed by atoms with Crippen molar-refractivity contribution in [1.29, 1.82) is 5.26 Å². The molecule has 2 heterocycles. The summed E-state index contributed by atoms with van der Waals surface area (Å²) in [6.45, 7) is 0.752. The normalized spacial score (nSPS) is 10.5. The molecule has 0 spiro atoms. The van der Waals surface area contributed by atoms with Gasteiger partial charge in [0.2, 0.25) is 0 Å². The smallest absolute Gasteiger partial charge is 0.0998 e. The molecule has 82 valence electrons. The lowest BCUT2D eigenvalue weighted by molar-refractivity contribution is 0.814. The lowest BCUT2D eigenvalue weighted by Crippen LogP contribution is -1.97.